The molecule has 21 heavy (non-hydrogen) atoms. The number of piperazine rings is 1. The number of rotatable bonds is 1. The zero-order valence-electron chi connectivity index (χ0n) is 12.2. The molecule has 2 fully saturated rings. The number of hydrogen-bond acceptors (Lipinski definition) is 2. The van der Waals surface area contributed by atoms with Crippen LogP contribution in [0.2, 0.25) is 5.02 Å². The molecule has 1 aromatic carbocycles. The maximum absolute atomic E-state index is 12.9. The van der Waals surface area contributed by atoms with E-state index in [-0.39, 0.29) is 11.9 Å². The van der Waals surface area contributed by atoms with Crippen molar-refractivity contribution >= 4 is 33.4 Å². The Balaban J connectivity index is 1.80. The number of piperidine rings is 1. The molecule has 5 heteroatoms. The van der Waals surface area contributed by atoms with Crippen LogP contribution in [0.1, 0.15) is 36.5 Å². The number of hydrogen-bond donors (Lipinski definition) is 0. The van der Waals surface area contributed by atoms with Gasteiger partial charge in [0.25, 0.3) is 5.91 Å². The number of amides is 1. The fourth-order valence-electron chi connectivity index (χ4n) is 3.45. The molecule has 1 amide bonds. The van der Waals surface area contributed by atoms with Crippen molar-refractivity contribution in [1.29, 1.82) is 0 Å². The summed E-state index contributed by atoms with van der Waals surface area (Å²) >= 11 is 9.43. The molecule has 0 spiro atoms. The maximum atomic E-state index is 12.9. The Morgan fingerprint density at radius 3 is 2.90 bits per heavy atom. The first kappa shape index (κ1) is 15.3. The Labute approximate surface area is 139 Å². The van der Waals surface area contributed by atoms with Crippen LogP contribution >= 0.6 is 27.5 Å². The van der Waals surface area contributed by atoms with Crippen LogP contribution in [0, 0.1) is 0 Å². The predicted molar refractivity (Wildman–Crippen MR) is 88.9 cm³/mol. The van der Waals surface area contributed by atoms with Gasteiger partial charge in [-0.3, -0.25) is 9.69 Å². The summed E-state index contributed by atoms with van der Waals surface area (Å²) in [5.41, 5.74) is 0.704. The molecule has 2 saturated heterocycles. The van der Waals surface area contributed by atoms with Crippen molar-refractivity contribution < 1.29 is 4.79 Å². The zero-order chi connectivity index (χ0) is 15.0. The first-order valence-corrected chi connectivity index (χ1v) is 8.73. The smallest absolute Gasteiger partial charge is 0.255 e. The van der Waals surface area contributed by atoms with Crippen LogP contribution in [0.3, 0.4) is 0 Å². The molecule has 0 bridgehead atoms. The zero-order valence-corrected chi connectivity index (χ0v) is 14.5. The van der Waals surface area contributed by atoms with Crippen molar-refractivity contribution in [2.75, 3.05) is 19.6 Å². The Bertz CT molecular complexity index is 551. The van der Waals surface area contributed by atoms with Gasteiger partial charge in [-0.1, -0.05) is 18.0 Å². The lowest BCUT2D eigenvalue weighted by molar-refractivity contribution is 0.0151. The molecule has 2 unspecified atom stereocenters. The van der Waals surface area contributed by atoms with Gasteiger partial charge >= 0.3 is 0 Å². The average Bonchev–Trinajstić information content (AvgIpc) is 2.46. The summed E-state index contributed by atoms with van der Waals surface area (Å²) in [5, 5.41) is 0.642. The Morgan fingerprint density at radius 1 is 1.33 bits per heavy atom. The van der Waals surface area contributed by atoms with E-state index in [1.54, 1.807) is 12.1 Å². The second-order valence-corrected chi connectivity index (χ2v) is 7.37. The molecule has 1 aromatic rings. The van der Waals surface area contributed by atoms with Crippen LogP contribution in [0.15, 0.2) is 22.7 Å². The number of carbonyl (C=O) groups excluding carboxylic acids is 1. The van der Waals surface area contributed by atoms with E-state index in [2.05, 4.69) is 27.8 Å². The Hall–Kier alpha value is -0.580. The van der Waals surface area contributed by atoms with Gasteiger partial charge in [0.2, 0.25) is 0 Å². The summed E-state index contributed by atoms with van der Waals surface area (Å²) in [5.74, 6) is 0.108. The Morgan fingerprint density at radius 2 is 2.14 bits per heavy atom. The van der Waals surface area contributed by atoms with Crippen molar-refractivity contribution in [3.63, 3.8) is 0 Å². The van der Waals surface area contributed by atoms with Crippen molar-refractivity contribution in [2.24, 2.45) is 0 Å². The summed E-state index contributed by atoms with van der Waals surface area (Å²) in [4.78, 5) is 17.4. The van der Waals surface area contributed by atoms with Gasteiger partial charge in [0.1, 0.15) is 0 Å². The van der Waals surface area contributed by atoms with E-state index in [1.165, 1.54) is 25.8 Å². The molecule has 0 aromatic heterocycles. The van der Waals surface area contributed by atoms with Gasteiger partial charge in [0.05, 0.1) is 5.56 Å². The van der Waals surface area contributed by atoms with Crippen molar-refractivity contribution in [3.8, 4) is 0 Å². The first-order chi connectivity index (χ1) is 10.1. The van der Waals surface area contributed by atoms with E-state index >= 15 is 0 Å². The number of halogens is 2. The highest BCUT2D eigenvalue weighted by Crippen LogP contribution is 2.28. The van der Waals surface area contributed by atoms with Crippen LogP contribution in [0.5, 0.6) is 0 Å². The minimum atomic E-state index is 0.108. The van der Waals surface area contributed by atoms with E-state index in [4.69, 9.17) is 11.6 Å². The predicted octanol–water partition coefficient (Wildman–Crippen LogP) is 3.80. The summed E-state index contributed by atoms with van der Waals surface area (Å²) in [6.45, 7) is 5.16. The topological polar surface area (TPSA) is 23.6 Å². The molecule has 2 heterocycles. The summed E-state index contributed by atoms with van der Waals surface area (Å²) in [6, 6.07) is 6.17. The van der Waals surface area contributed by atoms with E-state index in [0.717, 1.165) is 17.6 Å². The second-order valence-electron chi connectivity index (χ2n) is 6.08. The molecule has 114 valence electrons. The summed E-state index contributed by atoms with van der Waals surface area (Å²) < 4.78 is 0.776. The molecule has 0 saturated carbocycles. The molecule has 0 aliphatic carbocycles. The molecular weight excluding hydrogens is 352 g/mol. The van der Waals surface area contributed by atoms with E-state index in [0.29, 0.717) is 16.6 Å². The van der Waals surface area contributed by atoms with Gasteiger partial charge in [-0.25, -0.2) is 0 Å². The number of carbonyl (C=O) groups is 1. The maximum Gasteiger partial charge on any atom is 0.255 e. The quantitative estimate of drug-likeness (QED) is 0.749. The van der Waals surface area contributed by atoms with Crippen molar-refractivity contribution in [1.82, 2.24) is 9.80 Å². The normalized spacial score (nSPS) is 26.5. The SMILES string of the molecule is CC1CN2CCCCC2CN1C(=O)c1ccc(Cl)cc1Br. The summed E-state index contributed by atoms with van der Waals surface area (Å²) in [6.07, 6.45) is 3.78. The van der Waals surface area contributed by atoms with Crippen LogP contribution in [-0.2, 0) is 0 Å². The van der Waals surface area contributed by atoms with Crippen LogP contribution < -0.4 is 0 Å². The third-order valence-electron chi connectivity index (χ3n) is 4.61. The van der Waals surface area contributed by atoms with Gasteiger partial charge in [-0.2, -0.15) is 0 Å². The minimum Gasteiger partial charge on any atom is -0.333 e. The lowest BCUT2D eigenvalue weighted by Gasteiger charge is -2.47. The molecule has 3 rings (SSSR count). The monoisotopic (exact) mass is 370 g/mol. The van der Waals surface area contributed by atoms with E-state index in [1.807, 2.05) is 11.0 Å². The third kappa shape index (κ3) is 3.13. The fraction of sp³-hybridized carbons (Fsp3) is 0.562. The largest absolute Gasteiger partial charge is 0.333 e. The molecule has 0 N–H and O–H groups in total. The molecule has 2 aliphatic rings. The van der Waals surface area contributed by atoms with Crippen molar-refractivity contribution in [2.45, 2.75) is 38.3 Å². The first-order valence-electron chi connectivity index (χ1n) is 7.56. The second kappa shape index (κ2) is 6.27. The van der Waals surface area contributed by atoms with Gasteiger partial charge in [-0.15, -0.1) is 0 Å². The number of nitrogens with zero attached hydrogens (tertiary/aromatic N) is 2. The van der Waals surface area contributed by atoms with Gasteiger partial charge in [0, 0.05) is 34.7 Å². The average molecular weight is 372 g/mol. The molecule has 2 atom stereocenters. The van der Waals surface area contributed by atoms with Crippen LogP contribution in [-0.4, -0.2) is 47.4 Å². The molecule has 0 radical (unpaired) electrons. The van der Waals surface area contributed by atoms with Crippen molar-refractivity contribution in [3.05, 3.63) is 33.3 Å². The lowest BCUT2D eigenvalue weighted by Crippen LogP contribution is -2.60. The van der Waals surface area contributed by atoms with Crippen LogP contribution in [0.4, 0.5) is 0 Å². The highest BCUT2D eigenvalue weighted by molar-refractivity contribution is 9.10. The number of fused-ring (bicyclic) bond motifs is 1. The van der Waals surface area contributed by atoms with E-state index in [9.17, 15) is 4.79 Å². The molecular formula is C16H20BrClN2O. The lowest BCUT2D eigenvalue weighted by atomic mass is 9.96. The highest BCUT2D eigenvalue weighted by Gasteiger charge is 2.35. The molecule has 3 nitrogen and oxygen atoms in total. The van der Waals surface area contributed by atoms with Gasteiger partial charge in [0.15, 0.2) is 0 Å². The molecule has 2 aliphatic heterocycles. The van der Waals surface area contributed by atoms with E-state index < -0.39 is 0 Å². The Kier molecular flexibility index (Phi) is 4.57. The van der Waals surface area contributed by atoms with Crippen LogP contribution in [0.25, 0.3) is 0 Å². The standard InChI is InChI=1S/C16H20BrClN2O/c1-11-9-19-7-3-2-4-13(19)10-20(11)16(21)14-6-5-12(18)8-15(14)17/h5-6,8,11,13H,2-4,7,9-10H2,1H3. The fourth-order valence-corrected chi connectivity index (χ4v) is 4.31. The minimum absolute atomic E-state index is 0.108. The third-order valence-corrected chi connectivity index (χ3v) is 5.50. The number of benzene rings is 1. The van der Waals surface area contributed by atoms with Gasteiger partial charge < -0.3 is 4.90 Å². The highest BCUT2D eigenvalue weighted by atomic mass is 79.9. The van der Waals surface area contributed by atoms with Gasteiger partial charge in [-0.05, 0) is 60.4 Å². The summed E-state index contributed by atoms with van der Waals surface area (Å²) in [7, 11) is 0.